The standard InChI is InChI=1S/C23H33N7O2/c1-5-17(16(2)3)12-29-9-6-18-10-24-23(27-22(18)29)26-19-11-25-30(13-19)15-21(31)32-20-7-8-28(4)14-20/h6,9-11,13,16-17,20H,5,7-8,12,14-15H2,1-4H3,(H,24,26,27)/t17?,20-/m1/s1. The zero-order valence-electron chi connectivity index (χ0n) is 19.4. The first-order valence-corrected chi connectivity index (χ1v) is 11.4. The van der Waals surface area contributed by atoms with Crippen molar-refractivity contribution in [1.29, 1.82) is 0 Å². The summed E-state index contributed by atoms with van der Waals surface area (Å²) < 4.78 is 9.31. The van der Waals surface area contributed by atoms with Crippen LogP contribution in [0, 0.1) is 11.8 Å². The number of likely N-dealkylation sites (tertiary alicyclic amines) is 1. The summed E-state index contributed by atoms with van der Waals surface area (Å²) in [4.78, 5) is 23.5. The van der Waals surface area contributed by atoms with E-state index in [1.807, 2.05) is 13.2 Å². The SMILES string of the molecule is CCC(Cn1ccc2cnc(Nc3cnn(CC(=O)O[C@@H]4CCN(C)C4)c3)nc21)C(C)C. The van der Waals surface area contributed by atoms with Gasteiger partial charge in [0.15, 0.2) is 0 Å². The van der Waals surface area contributed by atoms with Crippen LogP contribution in [-0.2, 0) is 22.6 Å². The third-order valence-corrected chi connectivity index (χ3v) is 6.23. The van der Waals surface area contributed by atoms with Crippen LogP contribution < -0.4 is 5.32 Å². The molecule has 0 radical (unpaired) electrons. The first-order valence-electron chi connectivity index (χ1n) is 11.4. The van der Waals surface area contributed by atoms with E-state index in [1.54, 1.807) is 17.1 Å². The minimum Gasteiger partial charge on any atom is -0.460 e. The smallest absolute Gasteiger partial charge is 0.328 e. The summed E-state index contributed by atoms with van der Waals surface area (Å²) in [7, 11) is 2.03. The van der Waals surface area contributed by atoms with Crippen LogP contribution in [0.2, 0.25) is 0 Å². The second-order valence-corrected chi connectivity index (χ2v) is 9.07. The molecule has 3 aromatic heterocycles. The van der Waals surface area contributed by atoms with E-state index in [9.17, 15) is 4.79 Å². The molecular weight excluding hydrogens is 406 g/mol. The number of nitrogens with zero attached hydrogens (tertiary/aromatic N) is 6. The lowest BCUT2D eigenvalue weighted by atomic mass is 9.93. The molecule has 0 bridgehead atoms. The summed E-state index contributed by atoms with van der Waals surface area (Å²) in [6.07, 6.45) is 9.33. The van der Waals surface area contributed by atoms with E-state index in [0.717, 1.165) is 49.2 Å². The zero-order valence-corrected chi connectivity index (χ0v) is 19.4. The van der Waals surface area contributed by atoms with Gasteiger partial charge in [-0.15, -0.1) is 0 Å². The lowest BCUT2D eigenvalue weighted by molar-refractivity contribution is -0.149. The highest BCUT2D eigenvalue weighted by atomic mass is 16.5. The number of fused-ring (bicyclic) bond motifs is 1. The largest absolute Gasteiger partial charge is 0.460 e. The molecule has 1 aliphatic heterocycles. The Kier molecular flexibility index (Phi) is 6.74. The number of anilines is 2. The fourth-order valence-electron chi connectivity index (χ4n) is 4.23. The van der Waals surface area contributed by atoms with Crippen molar-refractivity contribution < 1.29 is 9.53 Å². The molecule has 0 saturated carbocycles. The van der Waals surface area contributed by atoms with Crippen molar-refractivity contribution in [2.24, 2.45) is 11.8 Å². The third-order valence-electron chi connectivity index (χ3n) is 6.23. The zero-order chi connectivity index (χ0) is 22.7. The second-order valence-electron chi connectivity index (χ2n) is 9.07. The van der Waals surface area contributed by atoms with Gasteiger partial charge in [-0.3, -0.25) is 9.48 Å². The summed E-state index contributed by atoms with van der Waals surface area (Å²) in [5.74, 6) is 1.45. The van der Waals surface area contributed by atoms with Crippen LogP contribution >= 0.6 is 0 Å². The Morgan fingerprint density at radius 3 is 2.91 bits per heavy atom. The molecule has 32 heavy (non-hydrogen) atoms. The molecule has 172 valence electrons. The fourth-order valence-corrected chi connectivity index (χ4v) is 4.23. The molecule has 1 N–H and O–H groups in total. The van der Waals surface area contributed by atoms with Gasteiger partial charge in [0.05, 0.1) is 11.9 Å². The number of hydrogen-bond donors (Lipinski definition) is 1. The van der Waals surface area contributed by atoms with E-state index in [4.69, 9.17) is 9.72 Å². The highest BCUT2D eigenvalue weighted by Crippen LogP contribution is 2.22. The van der Waals surface area contributed by atoms with Crippen molar-refractivity contribution in [1.82, 2.24) is 29.2 Å². The van der Waals surface area contributed by atoms with Gasteiger partial charge in [0.2, 0.25) is 5.95 Å². The van der Waals surface area contributed by atoms with Crippen LogP contribution in [0.1, 0.15) is 33.6 Å². The maximum atomic E-state index is 12.2. The lowest BCUT2D eigenvalue weighted by Crippen LogP contribution is -2.24. The van der Waals surface area contributed by atoms with Crippen LogP contribution in [0.15, 0.2) is 30.9 Å². The van der Waals surface area contributed by atoms with Crippen molar-refractivity contribution >= 4 is 28.6 Å². The van der Waals surface area contributed by atoms with E-state index >= 15 is 0 Å². The average molecular weight is 440 g/mol. The summed E-state index contributed by atoms with van der Waals surface area (Å²) in [6, 6.07) is 2.05. The molecular formula is C23H33N7O2. The van der Waals surface area contributed by atoms with Crippen LogP contribution in [0.25, 0.3) is 11.0 Å². The Balaban J connectivity index is 1.40. The number of rotatable bonds is 9. The van der Waals surface area contributed by atoms with Crippen molar-refractivity contribution in [2.75, 3.05) is 25.5 Å². The summed E-state index contributed by atoms with van der Waals surface area (Å²) in [5.41, 5.74) is 1.64. The van der Waals surface area contributed by atoms with E-state index in [0.29, 0.717) is 17.8 Å². The molecule has 1 aliphatic rings. The van der Waals surface area contributed by atoms with Crippen LogP contribution in [0.5, 0.6) is 0 Å². The van der Waals surface area contributed by atoms with Crippen LogP contribution in [-0.4, -0.2) is 61.4 Å². The predicted octanol–water partition coefficient (Wildman–Crippen LogP) is 3.30. The number of carbonyl (C=O) groups is 1. The molecule has 2 atom stereocenters. The Morgan fingerprint density at radius 2 is 2.19 bits per heavy atom. The fraction of sp³-hybridized carbons (Fsp3) is 0.565. The summed E-state index contributed by atoms with van der Waals surface area (Å²) >= 11 is 0. The molecule has 1 fully saturated rings. The molecule has 3 aromatic rings. The van der Waals surface area contributed by atoms with E-state index in [1.165, 1.54) is 0 Å². The minimum atomic E-state index is -0.272. The topological polar surface area (TPSA) is 90.1 Å². The quantitative estimate of drug-likeness (QED) is 0.512. The summed E-state index contributed by atoms with van der Waals surface area (Å²) in [5, 5.41) is 8.48. The van der Waals surface area contributed by atoms with Crippen LogP contribution in [0.4, 0.5) is 11.6 Å². The van der Waals surface area contributed by atoms with Gasteiger partial charge in [-0.05, 0) is 31.4 Å². The molecule has 0 aromatic carbocycles. The Labute approximate surface area is 188 Å². The number of ether oxygens (including phenoxy) is 1. The highest BCUT2D eigenvalue weighted by Gasteiger charge is 2.23. The van der Waals surface area contributed by atoms with Crippen molar-refractivity contribution in [3.63, 3.8) is 0 Å². The van der Waals surface area contributed by atoms with Crippen molar-refractivity contribution in [3.8, 4) is 0 Å². The van der Waals surface area contributed by atoms with Gasteiger partial charge in [0.1, 0.15) is 18.3 Å². The Hall–Kier alpha value is -2.94. The van der Waals surface area contributed by atoms with Gasteiger partial charge in [-0.2, -0.15) is 10.1 Å². The van der Waals surface area contributed by atoms with E-state index < -0.39 is 0 Å². The second kappa shape index (κ2) is 9.68. The Morgan fingerprint density at radius 1 is 1.34 bits per heavy atom. The predicted molar refractivity (Wildman–Crippen MR) is 124 cm³/mol. The molecule has 0 amide bonds. The third kappa shape index (κ3) is 5.27. The minimum absolute atomic E-state index is 0.0278. The molecule has 4 heterocycles. The number of aromatic nitrogens is 5. The van der Waals surface area contributed by atoms with Gasteiger partial charge in [-0.1, -0.05) is 27.2 Å². The lowest BCUT2D eigenvalue weighted by Gasteiger charge is -2.20. The number of likely N-dealkylation sites (N-methyl/N-ethyl adjacent to an activating group) is 1. The number of hydrogen-bond acceptors (Lipinski definition) is 7. The average Bonchev–Trinajstić information content (AvgIpc) is 3.46. The first-order chi connectivity index (χ1) is 15.4. The van der Waals surface area contributed by atoms with E-state index in [-0.39, 0.29) is 18.6 Å². The highest BCUT2D eigenvalue weighted by molar-refractivity contribution is 5.76. The molecule has 9 nitrogen and oxygen atoms in total. The first kappa shape index (κ1) is 22.3. The molecule has 0 aliphatic carbocycles. The monoisotopic (exact) mass is 439 g/mol. The molecule has 9 heteroatoms. The number of esters is 1. The Bertz CT molecular complexity index is 1060. The van der Waals surface area contributed by atoms with E-state index in [2.05, 4.69) is 57.9 Å². The van der Waals surface area contributed by atoms with Crippen LogP contribution in [0.3, 0.4) is 0 Å². The number of carbonyl (C=O) groups excluding carboxylic acids is 1. The number of nitrogens with one attached hydrogen (secondary N) is 1. The molecule has 4 rings (SSSR count). The van der Waals surface area contributed by atoms with Gasteiger partial charge < -0.3 is 19.5 Å². The van der Waals surface area contributed by atoms with Gasteiger partial charge in [-0.25, -0.2) is 4.98 Å². The van der Waals surface area contributed by atoms with Crippen molar-refractivity contribution in [2.45, 2.75) is 52.8 Å². The molecule has 1 unspecified atom stereocenters. The normalized spacial score (nSPS) is 17.8. The molecule has 0 spiro atoms. The maximum absolute atomic E-state index is 12.2. The van der Waals surface area contributed by atoms with Crippen molar-refractivity contribution in [3.05, 3.63) is 30.9 Å². The van der Waals surface area contributed by atoms with Gasteiger partial charge in [0.25, 0.3) is 0 Å². The maximum Gasteiger partial charge on any atom is 0.328 e. The summed E-state index contributed by atoms with van der Waals surface area (Å²) in [6.45, 7) is 9.53. The molecule has 1 saturated heterocycles. The van der Waals surface area contributed by atoms with Gasteiger partial charge >= 0.3 is 5.97 Å². The van der Waals surface area contributed by atoms with Gasteiger partial charge in [0, 0.05) is 43.6 Å².